The SMILES string of the molecule is CCn1nc(C)cc1C(=O)Nc1cc(Br)ccc1OC. The molecule has 2 rings (SSSR count). The summed E-state index contributed by atoms with van der Waals surface area (Å²) in [4.78, 5) is 12.3. The smallest absolute Gasteiger partial charge is 0.274 e. The first-order chi connectivity index (χ1) is 9.55. The van der Waals surface area contributed by atoms with Crippen LogP contribution in [0, 0.1) is 6.92 Å². The molecule has 1 aromatic carbocycles. The molecule has 1 heterocycles. The largest absolute Gasteiger partial charge is 0.495 e. The summed E-state index contributed by atoms with van der Waals surface area (Å²) < 4.78 is 7.79. The van der Waals surface area contributed by atoms with Crippen molar-refractivity contribution in [3.8, 4) is 5.75 Å². The van der Waals surface area contributed by atoms with Crippen LogP contribution in [0.15, 0.2) is 28.7 Å². The van der Waals surface area contributed by atoms with Gasteiger partial charge in [-0.1, -0.05) is 15.9 Å². The summed E-state index contributed by atoms with van der Waals surface area (Å²) in [5.74, 6) is 0.407. The van der Waals surface area contributed by atoms with Gasteiger partial charge in [0.1, 0.15) is 11.4 Å². The number of nitrogens with one attached hydrogen (secondary N) is 1. The van der Waals surface area contributed by atoms with Gasteiger partial charge in [0.2, 0.25) is 0 Å². The van der Waals surface area contributed by atoms with Crippen LogP contribution in [0.2, 0.25) is 0 Å². The van der Waals surface area contributed by atoms with Crippen LogP contribution in [0.4, 0.5) is 5.69 Å². The van der Waals surface area contributed by atoms with Crippen molar-refractivity contribution in [2.75, 3.05) is 12.4 Å². The third-order valence-electron chi connectivity index (χ3n) is 2.84. The highest BCUT2D eigenvalue weighted by Crippen LogP contribution is 2.28. The van der Waals surface area contributed by atoms with E-state index in [1.807, 2.05) is 19.9 Å². The number of halogens is 1. The van der Waals surface area contributed by atoms with Crippen molar-refractivity contribution in [3.63, 3.8) is 0 Å². The number of hydrogen-bond donors (Lipinski definition) is 1. The van der Waals surface area contributed by atoms with Crippen LogP contribution in [0.3, 0.4) is 0 Å². The van der Waals surface area contributed by atoms with E-state index in [0.717, 1.165) is 10.2 Å². The number of benzene rings is 1. The van der Waals surface area contributed by atoms with E-state index < -0.39 is 0 Å². The number of methoxy groups -OCH3 is 1. The molecule has 0 radical (unpaired) electrons. The Hall–Kier alpha value is -1.82. The molecule has 6 heteroatoms. The van der Waals surface area contributed by atoms with Gasteiger partial charge < -0.3 is 10.1 Å². The van der Waals surface area contributed by atoms with Crippen LogP contribution in [0.1, 0.15) is 23.1 Å². The molecule has 2 aromatic rings. The predicted octanol–water partition coefficient (Wildman–Crippen LogP) is 3.23. The lowest BCUT2D eigenvalue weighted by molar-refractivity contribution is 0.101. The second-order valence-corrected chi connectivity index (χ2v) is 5.20. The van der Waals surface area contributed by atoms with E-state index in [1.165, 1.54) is 0 Å². The molecule has 0 saturated heterocycles. The van der Waals surface area contributed by atoms with Crippen LogP contribution in [-0.2, 0) is 6.54 Å². The summed E-state index contributed by atoms with van der Waals surface area (Å²) in [6.07, 6.45) is 0. The zero-order valence-electron chi connectivity index (χ0n) is 11.6. The molecule has 0 bridgehead atoms. The van der Waals surface area contributed by atoms with Crippen molar-refractivity contribution in [3.05, 3.63) is 40.1 Å². The molecule has 20 heavy (non-hydrogen) atoms. The van der Waals surface area contributed by atoms with Crippen molar-refractivity contribution in [2.24, 2.45) is 0 Å². The lowest BCUT2D eigenvalue weighted by Gasteiger charge is -2.11. The maximum absolute atomic E-state index is 12.3. The third kappa shape index (κ3) is 3.01. The van der Waals surface area contributed by atoms with E-state index in [4.69, 9.17) is 4.74 Å². The van der Waals surface area contributed by atoms with Gasteiger partial charge in [-0.3, -0.25) is 9.48 Å². The van der Waals surface area contributed by atoms with Crippen LogP contribution in [0.5, 0.6) is 5.75 Å². The molecule has 0 aliphatic carbocycles. The number of rotatable bonds is 4. The van der Waals surface area contributed by atoms with Crippen molar-refractivity contribution in [1.29, 1.82) is 0 Å². The first-order valence-electron chi connectivity index (χ1n) is 6.24. The Morgan fingerprint density at radius 1 is 1.45 bits per heavy atom. The minimum absolute atomic E-state index is 0.205. The molecule has 0 aliphatic heterocycles. The number of ether oxygens (including phenoxy) is 1. The molecule has 0 unspecified atom stereocenters. The molecule has 0 saturated carbocycles. The Balaban J connectivity index is 2.29. The lowest BCUT2D eigenvalue weighted by atomic mass is 10.2. The number of carbonyl (C=O) groups excluding carboxylic acids is 1. The second kappa shape index (κ2) is 6.09. The summed E-state index contributed by atoms with van der Waals surface area (Å²) in [6, 6.07) is 7.22. The first-order valence-corrected chi connectivity index (χ1v) is 7.03. The summed E-state index contributed by atoms with van der Waals surface area (Å²) in [5, 5.41) is 7.12. The van der Waals surface area contributed by atoms with Gasteiger partial charge in [-0.05, 0) is 38.1 Å². The minimum atomic E-state index is -0.205. The van der Waals surface area contributed by atoms with E-state index in [-0.39, 0.29) is 5.91 Å². The summed E-state index contributed by atoms with van der Waals surface area (Å²) in [7, 11) is 1.57. The average molecular weight is 338 g/mol. The van der Waals surface area contributed by atoms with Crippen LogP contribution in [-0.4, -0.2) is 22.8 Å². The molecule has 5 nitrogen and oxygen atoms in total. The summed E-state index contributed by atoms with van der Waals surface area (Å²) in [5.41, 5.74) is 1.97. The number of amides is 1. The molecule has 0 aliphatic rings. The van der Waals surface area contributed by atoms with E-state index in [0.29, 0.717) is 23.7 Å². The average Bonchev–Trinajstić information content (AvgIpc) is 2.80. The highest BCUT2D eigenvalue weighted by Gasteiger charge is 2.15. The van der Waals surface area contributed by atoms with Gasteiger partial charge in [-0.15, -0.1) is 0 Å². The third-order valence-corrected chi connectivity index (χ3v) is 3.34. The van der Waals surface area contributed by atoms with Gasteiger partial charge in [-0.25, -0.2) is 0 Å². The second-order valence-electron chi connectivity index (χ2n) is 4.29. The van der Waals surface area contributed by atoms with E-state index in [1.54, 1.807) is 30.0 Å². The Morgan fingerprint density at radius 3 is 2.85 bits per heavy atom. The molecule has 0 atom stereocenters. The fraction of sp³-hybridized carbons (Fsp3) is 0.286. The van der Waals surface area contributed by atoms with Crippen LogP contribution in [0.25, 0.3) is 0 Å². The minimum Gasteiger partial charge on any atom is -0.495 e. The molecule has 1 aromatic heterocycles. The molecule has 0 fully saturated rings. The standard InChI is InChI=1S/C14H16BrN3O2/c1-4-18-12(7-9(2)17-18)14(19)16-11-8-10(15)5-6-13(11)20-3/h5-8H,4H2,1-3H3,(H,16,19). The number of carbonyl (C=O) groups is 1. The van der Waals surface area contributed by atoms with Gasteiger partial charge in [-0.2, -0.15) is 5.10 Å². The van der Waals surface area contributed by atoms with Crippen LogP contribution < -0.4 is 10.1 Å². The number of aryl methyl sites for hydroxylation is 2. The van der Waals surface area contributed by atoms with Gasteiger partial charge in [0.15, 0.2) is 0 Å². The number of aromatic nitrogens is 2. The highest BCUT2D eigenvalue weighted by atomic mass is 79.9. The van der Waals surface area contributed by atoms with Crippen molar-refractivity contribution < 1.29 is 9.53 Å². The Kier molecular flexibility index (Phi) is 4.44. The van der Waals surface area contributed by atoms with Crippen molar-refractivity contribution in [2.45, 2.75) is 20.4 Å². The normalized spacial score (nSPS) is 10.4. The fourth-order valence-electron chi connectivity index (χ4n) is 1.93. The monoisotopic (exact) mass is 337 g/mol. The van der Waals surface area contributed by atoms with Crippen molar-refractivity contribution >= 4 is 27.5 Å². The van der Waals surface area contributed by atoms with Crippen LogP contribution >= 0.6 is 15.9 Å². The summed E-state index contributed by atoms with van der Waals surface area (Å²) >= 11 is 3.38. The Morgan fingerprint density at radius 2 is 2.20 bits per heavy atom. The van der Waals surface area contributed by atoms with E-state index in [9.17, 15) is 4.79 Å². The number of anilines is 1. The molecule has 106 valence electrons. The lowest BCUT2D eigenvalue weighted by Crippen LogP contribution is -2.17. The molecular weight excluding hydrogens is 322 g/mol. The zero-order chi connectivity index (χ0) is 14.7. The quantitative estimate of drug-likeness (QED) is 0.931. The highest BCUT2D eigenvalue weighted by molar-refractivity contribution is 9.10. The Bertz CT molecular complexity index is 637. The van der Waals surface area contributed by atoms with E-state index in [2.05, 4.69) is 26.3 Å². The van der Waals surface area contributed by atoms with Gasteiger partial charge in [0.05, 0.1) is 18.5 Å². The van der Waals surface area contributed by atoms with Gasteiger partial charge in [0, 0.05) is 11.0 Å². The van der Waals surface area contributed by atoms with E-state index >= 15 is 0 Å². The number of hydrogen-bond acceptors (Lipinski definition) is 3. The topological polar surface area (TPSA) is 56.2 Å². The predicted molar refractivity (Wildman–Crippen MR) is 81.3 cm³/mol. The zero-order valence-corrected chi connectivity index (χ0v) is 13.2. The molecular formula is C14H16BrN3O2. The Labute approximate surface area is 126 Å². The summed E-state index contributed by atoms with van der Waals surface area (Å²) in [6.45, 7) is 4.46. The molecule has 1 amide bonds. The maximum Gasteiger partial charge on any atom is 0.274 e. The molecule has 1 N–H and O–H groups in total. The van der Waals surface area contributed by atoms with Crippen molar-refractivity contribution in [1.82, 2.24) is 9.78 Å². The van der Waals surface area contributed by atoms with Gasteiger partial charge in [0.25, 0.3) is 5.91 Å². The van der Waals surface area contributed by atoms with Gasteiger partial charge >= 0.3 is 0 Å². The number of nitrogens with zero attached hydrogens (tertiary/aromatic N) is 2. The first kappa shape index (κ1) is 14.6. The fourth-order valence-corrected chi connectivity index (χ4v) is 2.29. The molecule has 0 spiro atoms. The maximum atomic E-state index is 12.3.